The number of nitrogens with two attached hydrogens (primary N) is 1. The van der Waals surface area contributed by atoms with Crippen LogP contribution in [0.3, 0.4) is 0 Å². The van der Waals surface area contributed by atoms with Gasteiger partial charge in [-0.1, -0.05) is 33.1 Å². The number of aromatic carboxylic acids is 3. The van der Waals surface area contributed by atoms with E-state index in [1.54, 1.807) is 20.8 Å². The van der Waals surface area contributed by atoms with Crippen LogP contribution in [0.15, 0.2) is 108 Å². The van der Waals surface area contributed by atoms with Gasteiger partial charge in [-0.15, -0.1) is 0 Å². The van der Waals surface area contributed by atoms with Crippen molar-refractivity contribution in [2.45, 2.75) is 132 Å². The minimum absolute atomic E-state index is 0. The van der Waals surface area contributed by atoms with E-state index in [1.165, 1.54) is 7.11 Å². The number of nitrogen functional groups attached to an aromatic ring is 1. The molecule has 0 saturated carbocycles. The average Bonchev–Trinajstić information content (AvgIpc) is 0.806. The quantitative estimate of drug-likeness (QED) is 0.00172. The van der Waals surface area contributed by atoms with Gasteiger partial charge in [0.25, 0.3) is 0 Å². The number of halogens is 18. The standard InChI is InChI=1S/C15H19F2NO4.C14H17F2NO4.C12H9F2NO6S.C12H15F2NO4S.2C7H3F2NO4.C7H4F2O2.C6H2BrF2NO2.C3H5ClO2.C2H6.CH3O.CH4.Li/c1-3-22-15(20)18-12-9-11(16)8-10(14(12)17)6-4-5-7-13(19)21-2;1-2-21-14(20)17-11-8-10(15)7-9(13(11)16)5-3-4-6-12(18)19;1-22(19,20)21-11(16)5-3-2-4-8-6-9(13)7-10(12(8)14)15(17)18;1-20(17,18)19-11(16)5-3-2-4-8-6-9(13)7-10(15)12(8)14;8-3-1-4(7(11)12)6(9)5(2-3)10(13)14;8-3-1-2-4(9)6(10(13)14)5(3)7(11)12;8-4-1-2-6(9)5(3-4)7(10)11;7-4-1-3(8)2-5(6(4)9)10(11)12;1-2-6-3(4)5;2*1-2;;/h8-9H,3-7H2,1-2H3,(H,18,20);7-8H,2-6H2,1H3,(H,17,20)(H,18,19);6-7H,3,5H2,1H3;6-7H,2-5,15H2,1H3;2*1-2H,(H,11,12);1-3H,(H,10,11);1-2H;2H2,1H3;1-2H3;1H3;1H4;/q;;;;;;;;;;-1;;+1. The predicted octanol–water partition coefficient (Wildman–Crippen LogP) is 16.5. The molecule has 0 radical (unpaired) electrons. The number of ether oxygens (including phenoxy) is 4. The van der Waals surface area contributed by atoms with Gasteiger partial charge in [-0.3, -0.25) is 70.3 Å². The summed E-state index contributed by atoms with van der Waals surface area (Å²) in [5, 5.41) is 87.1. The van der Waals surface area contributed by atoms with Crippen LogP contribution in [0, 0.1) is 145 Å². The summed E-state index contributed by atoms with van der Waals surface area (Å²) in [6, 6.07) is 12.2. The molecule has 148 heavy (non-hydrogen) atoms. The Hall–Kier alpha value is -14.9. The van der Waals surface area contributed by atoms with E-state index in [-0.39, 0.29) is 135 Å². The molecule has 0 aliphatic rings. The number of nitrogens with zero attached hydrogens (tertiary/aromatic N) is 4. The maximum Gasteiger partial charge on any atom is 1.00 e. The second kappa shape index (κ2) is 73.2. The van der Waals surface area contributed by atoms with Crippen LogP contribution in [-0.2, 0) is 86.0 Å². The SMILES string of the molecule is C.CC.CCOC(=O)Cl.CCOC(=O)Nc1cc(F)cc(CCCCC(=O)O)c1F.CCOC(=O)Nc1cc(F)cc(CCCCC(=O)OC)c1F.CS(=O)(=O)OC(=O)CCC#Cc1cc(F)cc([N+](=O)[O-])c1F.CS(=O)(=O)OC(=O)CCCCc1cc(F)cc(N)c1F.C[O-].O=C(O)c1c(F)ccc(F)c1[N+](=O)[O-].O=C(O)c1cc(F)cc([N+](=O)[O-])c1F.O=C(O)c1cc(F)ccc1F.O=[N+]([O-])c1cc(F)cc(Br)c1F.[Li+]. The third kappa shape index (κ3) is 57.7. The van der Waals surface area contributed by atoms with Crippen LogP contribution in [0.2, 0.25) is 0 Å². The molecular formula is C87H90BrClF16LiN7O33S2. The number of nitrogens with one attached hydrogen (secondary N) is 2. The van der Waals surface area contributed by atoms with Gasteiger partial charge in [-0.05, 0) is 184 Å². The normalized spacial score (nSPS) is 9.84. The zero-order valence-electron chi connectivity index (χ0n) is 77.9. The van der Waals surface area contributed by atoms with Crippen molar-refractivity contribution in [3.8, 4) is 11.8 Å². The van der Waals surface area contributed by atoms with E-state index in [0.717, 1.165) is 68.0 Å². The summed E-state index contributed by atoms with van der Waals surface area (Å²) in [5.74, 6) is -19.4. The van der Waals surface area contributed by atoms with Gasteiger partial charge >= 0.3 is 121 Å². The van der Waals surface area contributed by atoms with E-state index in [2.05, 4.69) is 65.7 Å². The molecule has 0 heterocycles. The van der Waals surface area contributed by atoms with Crippen LogP contribution < -0.4 is 40.3 Å². The van der Waals surface area contributed by atoms with E-state index >= 15 is 0 Å². The van der Waals surface area contributed by atoms with Crippen LogP contribution in [-0.4, -0.2) is 163 Å². The molecule has 8 rings (SSSR count). The van der Waals surface area contributed by atoms with Crippen molar-refractivity contribution < 1.29 is 226 Å². The molecule has 0 atom stereocenters. The number of hydrogen-bond acceptors (Lipinski definition) is 30. The van der Waals surface area contributed by atoms with Crippen LogP contribution in [0.5, 0.6) is 0 Å². The fourth-order valence-corrected chi connectivity index (χ4v) is 11.3. The van der Waals surface area contributed by atoms with Crippen molar-refractivity contribution in [3.63, 3.8) is 0 Å². The van der Waals surface area contributed by atoms with Gasteiger partial charge in [-0.2, -0.15) is 41.5 Å². The van der Waals surface area contributed by atoms with Gasteiger partial charge in [0.15, 0.2) is 5.56 Å². The molecule has 8 aromatic carbocycles. The first-order valence-corrected chi connectivity index (χ1v) is 45.0. The number of rotatable bonds is 31. The number of methoxy groups -OCH3 is 1. The molecule has 0 fully saturated rings. The van der Waals surface area contributed by atoms with Gasteiger partial charge in [0.1, 0.15) is 75.4 Å². The Kier molecular flexibility index (Phi) is 70.1. The third-order valence-electron chi connectivity index (χ3n) is 15.7. The van der Waals surface area contributed by atoms with Crippen molar-refractivity contribution in [1.82, 2.24) is 0 Å². The number of nitro groups is 4. The molecule has 0 aliphatic heterocycles. The number of carboxylic acids is 4. The number of nitro benzene ring substituents is 4. The Morgan fingerprint density at radius 2 is 0.804 bits per heavy atom. The van der Waals surface area contributed by atoms with Crippen molar-refractivity contribution in [2.24, 2.45) is 0 Å². The van der Waals surface area contributed by atoms with Crippen LogP contribution >= 0.6 is 27.5 Å². The summed E-state index contributed by atoms with van der Waals surface area (Å²) in [6.45, 7) is 9.49. The Bertz CT molecular complexity index is 6160. The first-order valence-electron chi connectivity index (χ1n) is 40.2. The summed E-state index contributed by atoms with van der Waals surface area (Å²) in [5.41, 5.74) is -3.92. The van der Waals surface area contributed by atoms with Gasteiger partial charge < -0.3 is 58.6 Å². The molecule has 0 spiro atoms. The molecule has 2 amide bonds. The summed E-state index contributed by atoms with van der Waals surface area (Å²) in [4.78, 5) is 143. The number of carbonyl (C=O) groups is 10. The summed E-state index contributed by atoms with van der Waals surface area (Å²) >= 11 is 7.36. The number of carbonyl (C=O) groups excluding carboxylic acids is 6. The zero-order valence-corrected chi connectivity index (χ0v) is 81.9. The minimum Gasteiger partial charge on any atom is -0.857 e. The number of aliphatic carboxylic acids is 1. The monoisotopic (exact) mass is 2250 g/mol. The summed E-state index contributed by atoms with van der Waals surface area (Å²) < 4.78 is 278. The van der Waals surface area contributed by atoms with Crippen molar-refractivity contribution in [1.29, 1.82) is 0 Å². The second-order valence-electron chi connectivity index (χ2n) is 26.5. The van der Waals surface area contributed by atoms with Gasteiger partial charge in [0.05, 0.1) is 116 Å². The van der Waals surface area contributed by atoms with Gasteiger partial charge in [0, 0.05) is 49.4 Å². The van der Waals surface area contributed by atoms with Crippen LogP contribution in [0.25, 0.3) is 0 Å². The molecule has 61 heteroatoms. The van der Waals surface area contributed by atoms with E-state index < -0.39 is 231 Å². The molecule has 8 aromatic rings. The molecule has 0 bridgehead atoms. The molecule has 8 N–H and O–H groups in total. The second-order valence-corrected chi connectivity index (χ2v) is 30.8. The molecule has 0 saturated heterocycles. The smallest absolute Gasteiger partial charge is 0.857 e. The molecule has 40 nitrogen and oxygen atoms in total. The fourth-order valence-electron chi connectivity index (χ4n) is 9.88. The first-order chi connectivity index (χ1) is 68.0. The Morgan fingerprint density at radius 1 is 0.439 bits per heavy atom. The topological polar surface area (TPSA) is 621 Å². The van der Waals surface area contributed by atoms with E-state index in [4.69, 9.17) is 42.9 Å². The predicted molar refractivity (Wildman–Crippen MR) is 489 cm³/mol. The number of aryl methyl sites for hydroxylation is 3. The van der Waals surface area contributed by atoms with Crippen LogP contribution in [0.1, 0.15) is 166 Å². The summed E-state index contributed by atoms with van der Waals surface area (Å²) in [6.07, 6.45) is 2.34. The third-order valence-corrected chi connectivity index (χ3v) is 17.4. The molecule has 0 aromatic heterocycles. The van der Waals surface area contributed by atoms with E-state index in [0.29, 0.717) is 99.9 Å². The number of amides is 2. The number of esters is 1. The number of unbranched alkanes of at least 4 members (excludes halogenated alkanes) is 3. The van der Waals surface area contributed by atoms with Crippen molar-refractivity contribution in [2.75, 3.05) is 62.9 Å². The first kappa shape index (κ1) is 142. The number of benzene rings is 8. The number of hydrogen-bond donors (Lipinski definition) is 7. The van der Waals surface area contributed by atoms with Gasteiger partial charge in [-0.25, -0.2) is 81.5 Å². The number of anilines is 3. The zero-order chi connectivity index (χ0) is 113. The molecule has 0 unspecified atom stereocenters. The summed E-state index contributed by atoms with van der Waals surface area (Å²) in [7, 11) is -5.69. The van der Waals surface area contributed by atoms with E-state index in [9.17, 15) is 175 Å². The van der Waals surface area contributed by atoms with E-state index in [1.807, 2.05) is 13.8 Å². The maximum absolute atomic E-state index is 14.2. The van der Waals surface area contributed by atoms with Gasteiger partial charge in [0.2, 0.25) is 23.3 Å². The van der Waals surface area contributed by atoms with Crippen molar-refractivity contribution >= 4 is 147 Å². The number of carboxylic acid groups (broad SMARTS) is 4. The largest absolute Gasteiger partial charge is 1.00 e. The Balaban J connectivity index is -0.000000523. The molecule has 810 valence electrons. The molecular weight excluding hydrogens is 2160 g/mol. The fraction of sp³-hybridized carbons (Fsp3) is 0.310. The van der Waals surface area contributed by atoms with Crippen LogP contribution in [0.4, 0.5) is 124 Å². The Labute approximate surface area is 855 Å². The Morgan fingerprint density at radius 3 is 1.18 bits per heavy atom. The molecule has 0 aliphatic carbocycles. The minimum atomic E-state index is -3.92. The maximum atomic E-state index is 14.2. The average molecular weight is 2250 g/mol. The van der Waals surface area contributed by atoms with Crippen molar-refractivity contribution in [3.05, 3.63) is 280 Å².